The van der Waals surface area contributed by atoms with Crippen LogP contribution in [0.3, 0.4) is 0 Å². The molecular weight excluding hydrogens is 778 g/mol. The molecule has 11 nitrogen and oxygen atoms in total. The van der Waals surface area contributed by atoms with E-state index in [9.17, 15) is 42.3 Å². The van der Waals surface area contributed by atoms with Crippen LogP contribution in [-0.4, -0.2) is 62.0 Å². The fourth-order valence-corrected chi connectivity index (χ4v) is 14.3. The summed E-state index contributed by atoms with van der Waals surface area (Å²) in [5.74, 6) is -3.02. The van der Waals surface area contributed by atoms with Crippen molar-refractivity contribution >= 4 is 29.5 Å². The number of hydrogen-bond donors (Lipinski definition) is 4. The zero-order chi connectivity index (χ0) is 44.6. The van der Waals surface area contributed by atoms with E-state index < -0.39 is 63.7 Å². The highest BCUT2D eigenvalue weighted by Crippen LogP contribution is 2.76. The molecule has 7 rings (SSSR count). The van der Waals surface area contributed by atoms with Gasteiger partial charge in [-0.05, 0) is 128 Å². The molecular formula is C46H65F3N4O7. The van der Waals surface area contributed by atoms with Gasteiger partial charge in [-0.1, -0.05) is 62.3 Å². The summed E-state index contributed by atoms with van der Waals surface area (Å²) in [6, 6.07) is 0.609. The van der Waals surface area contributed by atoms with Crippen LogP contribution in [-0.2, 0) is 30.1 Å². The van der Waals surface area contributed by atoms with Crippen molar-refractivity contribution in [3.8, 4) is 0 Å². The van der Waals surface area contributed by atoms with Crippen LogP contribution in [0.4, 0.5) is 13.2 Å². The molecule has 332 valence electrons. The van der Waals surface area contributed by atoms with Gasteiger partial charge >= 0.3 is 18.1 Å². The van der Waals surface area contributed by atoms with Gasteiger partial charge in [0.1, 0.15) is 17.3 Å². The lowest BCUT2D eigenvalue weighted by Crippen LogP contribution is -2.68. The van der Waals surface area contributed by atoms with E-state index in [1.165, 1.54) is 13.8 Å². The molecule has 1 aromatic rings. The topological polar surface area (TPSA) is 168 Å². The van der Waals surface area contributed by atoms with Crippen LogP contribution in [0.15, 0.2) is 17.2 Å². The molecule has 0 spiro atoms. The Labute approximate surface area is 351 Å². The summed E-state index contributed by atoms with van der Waals surface area (Å²) in [6.45, 7) is 22.5. The predicted molar refractivity (Wildman–Crippen MR) is 216 cm³/mol. The molecule has 6 aliphatic rings. The highest BCUT2D eigenvalue weighted by molar-refractivity contribution is 6.03. The van der Waals surface area contributed by atoms with Crippen molar-refractivity contribution in [3.05, 3.63) is 28.6 Å². The number of rotatable bonds is 8. The Hall–Kier alpha value is -3.71. The molecule has 10 atom stereocenters. The molecule has 14 heteroatoms. The number of alkyl halides is 3. The second-order valence-electron chi connectivity index (χ2n) is 22.3. The van der Waals surface area contributed by atoms with Crippen molar-refractivity contribution in [1.82, 2.24) is 20.8 Å². The van der Waals surface area contributed by atoms with Gasteiger partial charge in [0, 0.05) is 17.9 Å². The highest BCUT2D eigenvalue weighted by atomic mass is 19.4. The number of ketones is 1. The number of carboxylic acids is 1. The number of fused-ring (bicyclic) bond motifs is 7. The second kappa shape index (κ2) is 13.9. The van der Waals surface area contributed by atoms with E-state index >= 15 is 0 Å². The Bertz CT molecular complexity index is 2040. The Kier molecular flexibility index (Phi) is 10.3. The van der Waals surface area contributed by atoms with Gasteiger partial charge in [-0.15, -0.1) is 0 Å². The smallest absolute Gasteiger partial charge is 0.432 e. The number of esters is 1. The van der Waals surface area contributed by atoms with E-state index in [1.54, 1.807) is 0 Å². The van der Waals surface area contributed by atoms with Gasteiger partial charge in [0.05, 0.1) is 17.4 Å². The third-order valence-electron chi connectivity index (χ3n) is 17.9. The van der Waals surface area contributed by atoms with E-state index in [1.807, 2.05) is 32.8 Å². The standard InChI is InChI=1S/C46H65F3N4O7/c1-23(2)33-28(54)22-45(51-38(59)41(7,8)50-35(55)27-21-31(53-52-27)46(47,48)49)19-18-43(10)24(34(33)45)12-13-30-42(9)16-15-32(40(5,6)29(42)14-17-44(30,43)11)60-37(58)26-20-25(36(56)57)39(26,3)4/h21,23-26,29-30,32H,12-20,22H2,1-11H3,(H,50,55)(H,51,59)(H,52,53)(H,56,57)/t24-,25-,26+,29+,30-,32+,42+,43-,44-,45-/m1/s1. The average Bonchev–Trinajstić information content (AvgIpc) is 3.73. The molecule has 4 N–H and O–H groups in total. The van der Waals surface area contributed by atoms with Gasteiger partial charge in [0.25, 0.3) is 5.91 Å². The monoisotopic (exact) mass is 842 g/mol. The summed E-state index contributed by atoms with van der Waals surface area (Å²) in [4.78, 5) is 66.9. The molecule has 0 radical (unpaired) electrons. The summed E-state index contributed by atoms with van der Waals surface area (Å²) in [7, 11) is 0. The number of aromatic nitrogens is 2. The van der Waals surface area contributed by atoms with Gasteiger partial charge in [-0.25, -0.2) is 0 Å². The SMILES string of the molecule is CC(C)C1=C2[C@H]3CC[C@@H]4[C@@]5(C)CC[C@H](OC(=O)[C@@H]6C[C@H](C(=O)O)C6(C)C)C(C)(C)[C@@H]5CC[C@@]4(C)[C@]3(C)CC[C@@]2(NC(=O)C(C)(C)NC(=O)c2cc(C(F)(F)F)[nH]n2)CC1=O. The molecule has 0 aliphatic heterocycles. The van der Waals surface area contributed by atoms with Gasteiger partial charge in [-0.3, -0.25) is 29.1 Å². The number of ether oxygens (including phenoxy) is 1. The number of Topliss-reactive ketones (excluding diaryl/α,β-unsaturated/α-hetero) is 1. The molecule has 0 saturated heterocycles. The summed E-state index contributed by atoms with van der Waals surface area (Å²) >= 11 is 0. The molecule has 0 aromatic carbocycles. The lowest BCUT2D eigenvalue weighted by Gasteiger charge is -2.72. The van der Waals surface area contributed by atoms with Gasteiger partial charge in [0.15, 0.2) is 11.5 Å². The molecule has 5 fully saturated rings. The lowest BCUT2D eigenvalue weighted by atomic mass is 9.33. The Balaban J connectivity index is 1.13. The van der Waals surface area contributed by atoms with Crippen molar-refractivity contribution in [1.29, 1.82) is 0 Å². The van der Waals surface area contributed by atoms with E-state index in [0.29, 0.717) is 24.8 Å². The van der Waals surface area contributed by atoms with Crippen molar-refractivity contribution in [3.63, 3.8) is 0 Å². The number of nitrogens with one attached hydrogen (secondary N) is 3. The van der Waals surface area contributed by atoms with Crippen LogP contribution < -0.4 is 10.6 Å². The third kappa shape index (κ3) is 6.39. The number of H-pyrrole nitrogens is 1. The molecule has 2 amide bonds. The van der Waals surface area contributed by atoms with E-state index in [2.05, 4.69) is 50.4 Å². The predicted octanol–water partition coefficient (Wildman–Crippen LogP) is 8.44. The summed E-state index contributed by atoms with van der Waals surface area (Å²) in [6.07, 6.45) is 2.07. The number of aliphatic carboxylic acids is 1. The summed E-state index contributed by atoms with van der Waals surface area (Å²) < 4.78 is 46.1. The van der Waals surface area contributed by atoms with Crippen LogP contribution >= 0.6 is 0 Å². The van der Waals surface area contributed by atoms with Crippen molar-refractivity contribution < 1.29 is 47.0 Å². The Morgan fingerprint density at radius 3 is 2.13 bits per heavy atom. The fourth-order valence-electron chi connectivity index (χ4n) is 14.3. The summed E-state index contributed by atoms with van der Waals surface area (Å²) in [5.41, 5.74) is -3.70. The zero-order valence-electron chi connectivity index (χ0n) is 37.2. The number of carbonyl (C=O) groups excluding carboxylic acids is 4. The number of allylic oxidation sites excluding steroid dienone is 1. The highest BCUT2D eigenvalue weighted by Gasteiger charge is 2.71. The number of halogens is 3. The van der Waals surface area contributed by atoms with Crippen LogP contribution in [0.25, 0.3) is 0 Å². The quantitative estimate of drug-likeness (QED) is 0.189. The molecule has 5 saturated carbocycles. The Morgan fingerprint density at radius 1 is 0.883 bits per heavy atom. The van der Waals surface area contributed by atoms with E-state index in [0.717, 1.165) is 56.1 Å². The number of aromatic amines is 1. The number of carbonyl (C=O) groups is 5. The molecule has 60 heavy (non-hydrogen) atoms. The fraction of sp³-hybridized carbons (Fsp3) is 0.783. The first-order valence-corrected chi connectivity index (χ1v) is 22.0. The molecule has 0 bridgehead atoms. The maximum Gasteiger partial charge on any atom is 0.432 e. The first kappa shape index (κ1) is 44.3. The minimum absolute atomic E-state index is 0.0175. The minimum atomic E-state index is -4.72. The summed E-state index contributed by atoms with van der Waals surface area (Å²) in [5, 5.41) is 20.9. The minimum Gasteiger partial charge on any atom is -0.481 e. The number of nitrogens with zero attached hydrogens (tertiary/aromatic N) is 1. The van der Waals surface area contributed by atoms with E-state index in [4.69, 9.17) is 4.74 Å². The second-order valence-corrected chi connectivity index (χ2v) is 22.3. The maximum absolute atomic E-state index is 14.3. The molecule has 0 unspecified atom stereocenters. The van der Waals surface area contributed by atoms with E-state index in [-0.39, 0.29) is 63.7 Å². The number of carboxylic acid groups (broad SMARTS) is 1. The number of hydrogen-bond acceptors (Lipinski definition) is 7. The molecule has 1 aromatic heterocycles. The zero-order valence-corrected chi connectivity index (χ0v) is 37.2. The normalized spacial score (nSPS) is 38.1. The van der Waals surface area contributed by atoms with Crippen molar-refractivity contribution in [2.45, 2.75) is 164 Å². The van der Waals surface area contributed by atoms with Gasteiger partial charge in [0.2, 0.25) is 5.91 Å². The van der Waals surface area contributed by atoms with Crippen LogP contribution in [0, 0.1) is 62.6 Å². The largest absolute Gasteiger partial charge is 0.481 e. The first-order valence-electron chi connectivity index (χ1n) is 22.0. The van der Waals surface area contributed by atoms with Crippen LogP contribution in [0.2, 0.25) is 0 Å². The van der Waals surface area contributed by atoms with Crippen LogP contribution in [0.1, 0.15) is 157 Å². The van der Waals surface area contributed by atoms with Gasteiger partial charge in [-0.2, -0.15) is 18.3 Å². The molecule has 6 aliphatic carbocycles. The Morgan fingerprint density at radius 2 is 1.55 bits per heavy atom. The maximum atomic E-state index is 14.3. The van der Waals surface area contributed by atoms with Crippen molar-refractivity contribution in [2.24, 2.45) is 62.6 Å². The van der Waals surface area contributed by atoms with Gasteiger partial charge < -0.3 is 20.5 Å². The third-order valence-corrected chi connectivity index (χ3v) is 17.9. The lowest BCUT2D eigenvalue weighted by molar-refractivity contribution is -0.235. The average molecular weight is 843 g/mol. The first-order chi connectivity index (χ1) is 27.5. The van der Waals surface area contributed by atoms with Crippen LogP contribution in [0.5, 0.6) is 0 Å². The van der Waals surface area contributed by atoms with Crippen molar-refractivity contribution in [2.75, 3.05) is 0 Å². The molecule has 1 heterocycles. The number of amides is 2.